The summed E-state index contributed by atoms with van der Waals surface area (Å²) in [7, 11) is -1.74. The van der Waals surface area contributed by atoms with Crippen LogP contribution in [0.3, 0.4) is 0 Å². The van der Waals surface area contributed by atoms with Gasteiger partial charge in [0.25, 0.3) is 0 Å². The van der Waals surface area contributed by atoms with Crippen LogP contribution in [0.4, 0.5) is 0 Å². The first kappa shape index (κ1) is 22.3. The van der Waals surface area contributed by atoms with Crippen LogP contribution >= 0.6 is 0 Å². The Bertz CT molecular complexity index is 664. The summed E-state index contributed by atoms with van der Waals surface area (Å²) >= 11 is 0. The second-order valence-electron chi connectivity index (χ2n) is 12.9. The zero-order chi connectivity index (χ0) is 21.2. The van der Waals surface area contributed by atoms with Crippen molar-refractivity contribution in [1.82, 2.24) is 0 Å². The lowest BCUT2D eigenvalue weighted by molar-refractivity contribution is -0.0843. The van der Waals surface area contributed by atoms with Gasteiger partial charge in [-0.3, -0.25) is 0 Å². The SMILES string of the molecule is C=C[C@]1(C)CCC2=C(CC[C@H]3C(C)(C)[C@@H](O[Si](C)(C)C(C)(C)C)CC[C@]23C)C1. The van der Waals surface area contributed by atoms with Gasteiger partial charge in [-0.25, -0.2) is 0 Å². The molecule has 1 nitrogen and oxygen atoms in total. The predicted molar refractivity (Wildman–Crippen MR) is 125 cm³/mol. The highest BCUT2D eigenvalue weighted by atomic mass is 28.4. The fourth-order valence-electron chi connectivity index (χ4n) is 6.51. The molecule has 0 N–H and O–H groups in total. The molecule has 0 spiro atoms. The van der Waals surface area contributed by atoms with E-state index in [2.05, 4.69) is 74.2 Å². The van der Waals surface area contributed by atoms with E-state index in [9.17, 15) is 0 Å². The van der Waals surface area contributed by atoms with E-state index >= 15 is 0 Å². The van der Waals surface area contributed by atoms with E-state index < -0.39 is 8.32 Å². The van der Waals surface area contributed by atoms with Crippen LogP contribution in [0.15, 0.2) is 23.8 Å². The lowest BCUT2D eigenvalue weighted by atomic mass is 9.47. The van der Waals surface area contributed by atoms with E-state index in [0.29, 0.717) is 16.9 Å². The third kappa shape index (κ3) is 3.51. The zero-order valence-electron chi connectivity index (χ0n) is 20.3. The Kier molecular flexibility index (Phi) is 5.46. The van der Waals surface area contributed by atoms with Crippen molar-refractivity contribution < 1.29 is 4.43 Å². The molecule has 4 atom stereocenters. The van der Waals surface area contributed by atoms with Crippen LogP contribution in [0, 0.1) is 22.2 Å². The van der Waals surface area contributed by atoms with Crippen LogP contribution in [-0.2, 0) is 4.43 Å². The van der Waals surface area contributed by atoms with Gasteiger partial charge in [0.1, 0.15) is 0 Å². The van der Waals surface area contributed by atoms with Gasteiger partial charge in [-0.15, -0.1) is 6.58 Å². The van der Waals surface area contributed by atoms with Crippen molar-refractivity contribution in [3.63, 3.8) is 0 Å². The van der Waals surface area contributed by atoms with Gasteiger partial charge in [-0.1, -0.05) is 65.7 Å². The first-order chi connectivity index (χ1) is 12.7. The Morgan fingerprint density at radius 3 is 2.25 bits per heavy atom. The average molecular weight is 403 g/mol. The molecular formula is C26H46OSi. The van der Waals surface area contributed by atoms with E-state index in [1.165, 1.54) is 44.9 Å². The van der Waals surface area contributed by atoms with Crippen molar-refractivity contribution in [3.05, 3.63) is 23.8 Å². The topological polar surface area (TPSA) is 9.23 Å². The lowest BCUT2D eigenvalue weighted by Crippen LogP contribution is -2.57. The van der Waals surface area contributed by atoms with Crippen LogP contribution in [0.5, 0.6) is 0 Å². The highest BCUT2D eigenvalue weighted by molar-refractivity contribution is 6.74. The molecule has 3 rings (SSSR count). The monoisotopic (exact) mass is 402 g/mol. The van der Waals surface area contributed by atoms with Gasteiger partial charge in [0.05, 0.1) is 6.10 Å². The highest BCUT2D eigenvalue weighted by Crippen LogP contribution is 2.64. The summed E-state index contributed by atoms with van der Waals surface area (Å²) in [5, 5.41) is 0.282. The summed E-state index contributed by atoms with van der Waals surface area (Å²) in [5.41, 5.74) is 4.57. The van der Waals surface area contributed by atoms with Crippen molar-refractivity contribution in [3.8, 4) is 0 Å². The molecule has 0 unspecified atom stereocenters. The Morgan fingerprint density at radius 1 is 1.04 bits per heavy atom. The van der Waals surface area contributed by atoms with E-state index in [1.807, 2.05) is 5.57 Å². The summed E-state index contributed by atoms with van der Waals surface area (Å²) in [6, 6.07) is 0. The zero-order valence-corrected chi connectivity index (χ0v) is 21.3. The van der Waals surface area contributed by atoms with Gasteiger partial charge >= 0.3 is 0 Å². The number of hydrogen-bond acceptors (Lipinski definition) is 1. The molecule has 28 heavy (non-hydrogen) atoms. The van der Waals surface area contributed by atoms with Crippen molar-refractivity contribution in [2.45, 2.75) is 118 Å². The van der Waals surface area contributed by atoms with Crippen LogP contribution in [0.2, 0.25) is 18.1 Å². The van der Waals surface area contributed by atoms with Gasteiger partial charge in [0.2, 0.25) is 0 Å². The standard InChI is InChI=1S/C26H46OSi/c1-11-25(7)16-14-20-19(18-25)12-13-21-24(5,6)22(15-17-26(20,21)8)27-28(9,10)23(2,3)4/h11,21-22H,1,12-18H2,2-10H3/t21-,22-,25+,26+/m0/s1. The number of allylic oxidation sites excluding steroid dienone is 3. The molecule has 2 heteroatoms. The van der Waals surface area contributed by atoms with Gasteiger partial charge in [-0.05, 0) is 85.2 Å². The van der Waals surface area contributed by atoms with Gasteiger partial charge in [0.15, 0.2) is 8.32 Å². The summed E-state index contributed by atoms with van der Waals surface area (Å²) in [4.78, 5) is 0. The normalized spacial score (nSPS) is 38.6. The second kappa shape index (κ2) is 6.84. The highest BCUT2D eigenvalue weighted by Gasteiger charge is 2.56. The van der Waals surface area contributed by atoms with Crippen LogP contribution in [-0.4, -0.2) is 14.4 Å². The van der Waals surface area contributed by atoms with Gasteiger partial charge in [0, 0.05) is 0 Å². The number of fused-ring (bicyclic) bond motifs is 2. The summed E-state index contributed by atoms with van der Waals surface area (Å²) in [5.74, 6) is 0.746. The molecule has 0 aromatic rings. The molecule has 0 amide bonds. The minimum absolute atomic E-state index is 0.250. The molecule has 0 bridgehead atoms. The molecule has 0 aromatic heterocycles. The summed E-state index contributed by atoms with van der Waals surface area (Å²) in [6.45, 7) is 26.2. The van der Waals surface area contributed by atoms with Crippen LogP contribution < -0.4 is 0 Å². The quantitative estimate of drug-likeness (QED) is 0.341. The third-order valence-electron chi connectivity index (χ3n) is 9.57. The minimum atomic E-state index is -1.74. The van der Waals surface area contributed by atoms with Crippen LogP contribution in [0.25, 0.3) is 0 Å². The molecule has 0 radical (unpaired) electrons. The van der Waals surface area contributed by atoms with E-state index in [1.54, 1.807) is 5.57 Å². The Hall–Kier alpha value is -0.343. The summed E-state index contributed by atoms with van der Waals surface area (Å²) in [6.07, 6.45) is 11.6. The molecule has 0 aliphatic heterocycles. The average Bonchev–Trinajstić information content (AvgIpc) is 2.56. The summed E-state index contributed by atoms with van der Waals surface area (Å²) < 4.78 is 7.05. The predicted octanol–water partition coefficient (Wildman–Crippen LogP) is 8.29. The Balaban J connectivity index is 1.89. The molecule has 160 valence electrons. The van der Waals surface area contributed by atoms with Gasteiger partial charge < -0.3 is 4.43 Å². The van der Waals surface area contributed by atoms with Crippen molar-refractivity contribution in [2.75, 3.05) is 0 Å². The molecule has 1 saturated carbocycles. The molecular weight excluding hydrogens is 356 g/mol. The molecule has 1 fully saturated rings. The first-order valence-corrected chi connectivity index (χ1v) is 14.6. The minimum Gasteiger partial charge on any atom is -0.413 e. The fourth-order valence-corrected chi connectivity index (χ4v) is 8.00. The van der Waals surface area contributed by atoms with Crippen LogP contribution in [0.1, 0.15) is 93.4 Å². The fraction of sp³-hybridized carbons (Fsp3) is 0.846. The van der Waals surface area contributed by atoms with E-state index in [0.717, 1.165) is 5.92 Å². The smallest absolute Gasteiger partial charge is 0.192 e. The number of rotatable bonds is 3. The Morgan fingerprint density at radius 2 is 1.68 bits per heavy atom. The molecule has 0 aromatic carbocycles. The Labute approximate surface area is 176 Å². The maximum atomic E-state index is 7.05. The molecule has 0 heterocycles. The molecule has 3 aliphatic rings. The molecule has 3 aliphatic carbocycles. The van der Waals surface area contributed by atoms with Crippen molar-refractivity contribution in [2.24, 2.45) is 22.2 Å². The maximum Gasteiger partial charge on any atom is 0.192 e. The maximum absolute atomic E-state index is 7.05. The lowest BCUT2D eigenvalue weighted by Gasteiger charge is -2.60. The van der Waals surface area contributed by atoms with Gasteiger partial charge in [-0.2, -0.15) is 0 Å². The van der Waals surface area contributed by atoms with Crippen molar-refractivity contribution in [1.29, 1.82) is 0 Å². The number of hydrogen-bond donors (Lipinski definition) is 0. The largest absolute Gasteiger partial charge is 0.413 e. The molecule has 0 saturated heterocycles. The van der Waals surface area contributed by atoms with Crippen molar-refractivity contribution >= 4 is 8.32 Å². The van der Waals surface area contributed by atoms with E-state index in [4.69, 9.17) is 4.43 Å². The van der Waals surface area contributed by atoms with E-state index in [-0.39, 0.29) is 10.5 Å². The second-order valence-corrected chi connectivity index (χ2v) is 17.6. The first-order valence-electron chi connectivity index (χ1n) is 11.7. The third-order valence-corrected chi connectivity index (χ3v) is 14.1.